The summed E-state index contributed by atoms with van der Waals surface area (Å²) in [6, 6.07) is 10.1. The zero-order valence-electron chi connectivity index (χ0n) is 10.8. The SMILES string of the molecule is O=[N+]([O-])c1cccc(COc2ccc(Br)cc2CO)c1Br. The van der Waals surface area contributed by atoms with E-state index in [-0.39, 0.29) is 18.9 Å². The van der Waals surface area contributed by atoms with Gasteiger partial charge in [-0.3, -0.25) is 10.1 Å². The molecule has 0 saturated carbocycles. The van der Waals surface area contributed by atoms with Crippen LogP contribution < -0.4 is 4.74 Å². The minimum Gasteiger partial charge on any atom is -0.488 e. The molecule has 0 spiro atoms. The monoisotopic (exact) mass is 415 g/mol. The quantitative estimate of drug-likeness (QED) is 0.585. The second-order valence-electron chi connectivity index (χ2n) is 4.21. The van der Waals surface area contributed by atoms with Crippen molar-refractivity contribution in [1.29, 1.82) is 0 Å². The first-order chi connectivity index (χ1) is 10.0. The van der Waals surface area contributed by atoms with Crippen molar-refractivity contribution in [2.75, 3.05) is 0 Å². The molecule has 0 aliphatic heterocycles. The molecule has 7 heteroatoms. The Labute approximate surface area is 138 Å². The zero-order valence-corrected chi connectivity index (χ0v) is 13.9. The van der Waals surface area contributed by atoms with E-state index in [0.717, 1.165) is 4.47 Å². The summed E-state index contributed by atoms with van der Waals surface area (Å²) in [5.74, 6) is 0.541. The van der Waals surface area contributed by atoms with E-state index in [4.69, 9.17) is 4.74 Å². The normalized spacial score (nSPS) is 10.4. The average molecular weight is 417 g/mol. The minimum absolute atomic E-state index is 0.00529. The van der Waals surface area contributed by atoms with E-state index >= 15 is 0 Å². The predicted octanol–water partition coefficient (Wildman–Crippen LogP) is 4.19. The summed E-state index contributed by atoms with van der Waals surface area (Å²) in [5.41, 5.74) is 1.30. The summed E-state index contributed by atoms with van der Waals surface area (Å²) in [4.78, 5) is 10.4. The lowest BCUT2D eigenvalue weighted by Crippen LogP contribution is -2.01. The molecule has 0 aliphatic rings. The largest absolute Gasteiger partial charge is 0.488 e. The highest BCUT2D eigenvalue weighted by atomic mass is 79.9. The number of benzene rings is 2. The number of nitrogens with zero attached hydrogens (tertiary/aromatic N) is 1. The van der Waals surface area contributed by atoms with Crippen LogP contribution in [-0.4, -0.2) is 10.0 Å². The van der Waals surface area contributed by atoms with Crippen molar-refractivity contribution >= 4 is 37.5 Å². The topological polar surface area (TPSA) is 72.6 Å². The maximum absolute atomic E-state index is 10.9. The predicted molar refractivity (Wildman–Crippen MR) is 85.2 cm³/mol. The molecule has 0 amide bonds. The summed E-state index contributed by atoms with van der Waals surface area (Å²) < 4.78 is 6.89. The molecule has 0 aromatic heterocycles. The van der Waals surface area contributed by atoms with Gasteiger partial charge in [0.1, 0.15) is 16.8 Å². The van der Waals surface area contributed by atoms with Crippen LogP contribution in [0.5, 0.6) is 5.75 Å². The Hall–Kier alpha value is -1.44. The number of nitro groups is 1. The van der Waals surface area contributed by atoms with E-state index in [1.807, 2.05) is 0 Å². The van der Waals surface area contributed by atoms with E-state index in [0.29, 0.717) is 21.3 Å². The lowest BCUT2D eigenvalue weighted by molar-refractivity contribution is -0.385. The van der Waals surface area contributed by atoms with E-state index < -0.39 is 4.92 Å². The van der Waals surface area contributed by atoms with Gasteiger partial charge in [0.2, 0.25) is 0 Å². The third-order valence-electron chi connectivity index (χ3n) is 2.83. The first-order valence-electron chi connectivity index (χ1n) is 5.96. The van der Waals surface area contributed by atoms with Crippen LogP contribution in [0.3, 0.4) is 0 Å². The summed E-state index contributed by atoms with van der Waals surface area (Å²) >= 11 is 6.55. The van der Waals surface area contributed by atoms with Gasteiger partial charge in [-0.15, -0.1) is 0 Å². The van der Waals surface area contributed by atoms with Crippen LogP contribution in [-0.2, 0) is 13.2 Å². The Morgan fingerprint density at radius 1 is 1.19 bits per heavy atom. The van der Waals surface area contributed by atoms with Crippen LogP contribution in [0, 0.1) is 10.1 Å². The zero-order chi connectivity index (χ0) is 15.4. The number of aliphatic hydroxyl groups excluding tert-OH is 1. The average Bonchev–Trinajstić information content (AvgIpc) is 2.46. The van der Waals surface area contributed by atoms with Gasteiger partial charge < -0.3 is 9.84 Å². The molecule has 0 fully saturated rings. The maximum Gasteiger partial charge on any atom is 0.283 e. The number of ether oxygens (including phenoxy) is 1. The van der Waals surface area contributed by atoms with E-state index in [9.17, 15) is 15.2 Å². The van der Waals surface area contributed by atoms with Gasteiger partial charge in [-0.05, 0) is 34.1 Å². The summed E-state index contributed by atoms with van der Waals surface area (Å²) in [7, 11) is 0. The van der Waals surface area contributed by atoms with E-state index in [1.54, 1.807) is 30.3 Å². The van der Waals surface area contributed by atoms with Gasteiger partial charge in [0.05, 0.1) is 11.5 Å². The van der Waals surface area contributed by atoms with Gasteiger partial charge in [-0.2, -0.15) is 0 Å². The van der Waals surface area contributed by atoms with Gasteiger partial charge >= 0.3 is 0 Å². The van der Waals surface area contributed by atoms with Crippen molar-refractivity contribution in [3.8, 4) is 5.75 Å². The second kappa shape index (κ2) is 7.02. The van der Waals surface area contributed by atoms with Crippen molar-refractivity contribution in [2.45, 2.75) is 13.2 Å². The first-order valence-corrected chi connectivity index (χ1v) is 7.55. The smallest absolute Gasteiger partial charge is 0.283 e. The molecule has 2 aromatic carbocycles. The van der Waals surface area contributed by atoms with Crippen molar-refractivity contribution in [2.24, 2.45) is 0 Å². The lowest BCUT2D eigenvalue weighted by atomic mass is 10.2. The molecule has 21 heavy (non-hydrogen) atoms. The molecule has 0 aliphatic carbocycles. The maximum atomic E-state index is 10.9. The Balaban J connectivity index is 2.21. The molecule has 0 atom stereocenters. The molecule has 5 nitrogen and oxygen atoms in total. The Morgan fingerprint density at radius 3 is 2.62 bits per heavy atom. The fourth-order valence-corrected chi connectivity index (χ4v) is 2.72. The highest BCUT2D eigenvalue weighted by Gasteiger charge is 2.15. The molecular weight excluding hydrogens is 406 g/mol. The summed E-state index contributed by atoms with van der Waals surface area (Å²) in [6.07, 6.45) is 0. The molecular formula is C14H11Br2NO4. The van der Waals surface area contributed by atoms with Crippen LogP contribution in [0.4, 0.5) is 5.69 Å². The van der Waals surface area contributed by atoms with Crippen molar-refractivity contribution in [3.05, 3.63) is 66.6 Å². The molecule has 0 heterocycles. The standard InChI is InChI=1S/C14H11Br2NO4/c15-11-4-5-13(10(6-11)7-18)21-8-9-2-1-3-12(14(9)16)17(19)20/h1-6,18H,7-8H2. The number of rotatable bonds is 5. The highest BCUT2D eigenvalue weighted by molar-refractivity contribution is 9.10. The number of aliphatic hydroxyl groups is 1. The Kier molecular flexibility index (Phi) is 5.33. The van der Waals surface area contributed by atoms with Crippen molar-refractivity contribution in [1.82, 2.24) is 0 Å². The molecule has 0 saturated heterocycles. The van der Waals surface area contributed by atoms with Crippen LogP contribution in [0.1, 0.15) is 11.1 Å². The van der Waals surface area contributed by atoms with Crippen LogP contribution in [0.25, 0.3) is 0 Å². The van der Waals surface area contributed by atoms with Gasteiger partial charge in [0.25, 0.3) is 5.69 Å². The number of halogens is 2. The van der Waals surface area contributed by atoms with Crippen molar-refractivity contribution < 1.29 is 14.8 Å². The fraction of sp³-hybridized carbons (Fsp3) is 0.143. The lowest BCUT2D eigenvalue weighted by Gasteiger charge is -2.11. The first kappa shape index (κ1) is 15.9. The third-order valence-corrected chi connectivity index (χ3v) is 4.24. The molecule has 2 rings (SSSR count). The van der Waals surface area contributed by atoms with E-state index in [2.05, 4.69) is 31.9 Å². The van der Waals surface area contributed by atoms with Gasteiger partial charge in [-0.25, -0.2) is 0 Å². The Morgan fingerprint density at radius 2 is 1.95 bits per heavy atom. The number of hydrogen-bond acceptors (Lipinski definition) is 4. The van der Waals surface area contributed by atoms with Crippen LogP contribution >= 0.6 is 31.9 Å². The Bertz CT molecular complexity index is 676. The van der Waals surface area contributed by atoms with Gasteiger partial charge in [0.15, 0.2) is 0 Å². The molecule has 2 aromatic rings. The van der Waals surface area contributed by atoms with Gasteiger partial charge in [0, 0.05) is 21.7 Å². The molecule has 0 radical (unpaired) electrons. The number of hydrogen-bond donors (Lipinski definition) is 1. The van der Waals surface area contributed by atoms with Crippen LogP contribution in [0.2, 0.25) is 0 Å². The molecule has 0 unspecified atom stereocenters. The summed E-state index contributed by atoms with van der Waals surface area (Å²) in [6.45, 7) is 0.0157. The van der Waals surface area contributed by atoms with Crippen molar-refractivity contribution in [3.63, 3.8) is 0 Å². The second-order valence-corrected chi connectivity index (χ2v) is 5.91. The van der Waals surface area contributed by atoms with E-state index in [1.165, 1.54) is 6.07 Å². The highest BCUT2D eigenvalue weighted by Crippen LogP contribution is 2.30. The number of nitro benzene ring substituents is 1. The van der Waals surface area contributed by atoms with Crippen LogP contribution in [0.15, 0.2) is 45.3 Å². The molecule has 1 N–H and O–H groups in total. The summed E-state index contributed by atoms with van der Waals surface area (Å²) in [5, 5.41) is 20.2. The molecule has 0 bridgehead atoms. The minimum atomic E-state index is -0.452. The fourth-order valence-electron chi connectivity index (χ4n) is 1.79. The third kappa shape index (κ3) is 3.81. The van der Waals surface area contributed by atoms with Gasteiger partial charge in [-0.1, -0.05) is 28.1 Å². The molecule has 110 valence electrons.